The molecule has 1 aromatic heterocycles. The second-order valence-electron chi connectivity index (χ2n) is 5.10. The zero-order valence-corrected chi connectivity index (χ0v) is 11.8. The maximum atomic E-state index is 12.2. The van der Waals surface area contributed by atoms with E-state index < -0.39 is 18.0 Å². The largest absolute Gasteiger partial charge is 0.573 e. The highest BCUT2D eigenvalue weighted by Crippen LogP contribution is 2.35. The van der Waals surface area contributed by atoms with Gasteiger partial charge in [0.2, 0.25) is 5.89 Å². The number of hydrogen-bond acceptors (Lipinski definition) is 5. The maximum absolute atomic E-state index is 12.2. The predicted octanol–water partition coefficient (Wildman–Crippen LogP) is 3.49. The van der Waals surface area contributed by atoms with Gasteiger partial charge in [0.05, 0.1) is 0 Å². The van der Waals surface area contributed by atoms with E-state index in [2.05, 4.69) is 20.3 Å². The quantitative estimate of drug-likeness (QED) is 0.930. The smallest absolute Gasteiger partial charge is 0.408 e. The van der Waals surface area contributed by atoms with Crippen LogP contribution < -0.4 is 10.1 Å². The molecule has 1 aliphatic carbocycles. The van der Waals surface area contributed by atoms with Gasteiger partial charge in [-0.05, 0) is 31.0 Å². The lowest BCUT2D eigenvalue weighted by Gasteiger charge is -2.20. The molecule has 1 fully saturated rings. The lowest BCUT2D eigenvalue weighted by atomic mass is 9.85. The van der Waals surface area contributed by atoms with Gasteiger partial charge in [-0.1, -0.05) is 17.6 Å². The summed E-state index contributed by atoms with van der Waals surface area (Å²) in [5.74, 6) is -0.468. The molecule has 0 unspecified atom stereocenters. The van der Waals surface area contributed by atoms with Gasteiger partial charge in [0, 0.05) is 11.5 Å². The van der Waals surface area contributed by atoms with Gasteiger partial charge in [0.15, 0.2) is 0 Å². The van der Waals surface area contributed by atoms with Gasteiger partial charge in [0.25, 0.3) is 5.91 Å². The lowest BCUT2D eigenvalue weighted by Crippen LogP contribution is -2.18. The van der Waals surface area contributed by atoms with E-state index in [1.165, 1.54) is 12.1 Å². The van der Waals surface area contributed by atoms with Crippen LogP contribution in [0, 0.1) is 0 Å². The van der Waals surface area contributed by atoms with Crippen molar-refractivity contribution in [1.29, 1.82) is 0 Å². The molecule has 1 amide bonds. The van der Waals surface area contributed by atoms with E-state index in [0.29, 0.717) is 5.89 Å². The molecule has 1 aromatic carbocycles. The summed E-state index contributed by atoms with van der Waals surface area (Å²) in [7, 11) is 0. The van der Waals surface area contributed by atoms with Crippen molar-refractivity contribution in [2.75, 3.05) is 5.32 Å². The monoisotopic (exact) mass is 327 g/mol. The Bertz CT molecular complexity index is 711. The van der Waals surface area contributed by atoms with Crippen LogP contribution in [0.4, 0.5) is 19.2 Å². The molecule has 1 saturated carbocycles. The number of alkyl halides is 3. The minimum Gasteiger partial charge on any atom is -0.408 e. The molecule has 9 heteroatoms. The maximum Gasteiger partial charge on any atom is 0.573 e. The van der Waals surface area contributed by atoms with Gasteiger partial charge >= 0.3 is 12.4 Å². The molecule has 1 aliphatic rings. The fraction of sp³-hybridized carbons (Fsp3) is 0.357. The first-order valence-electron chi connectivity index (χ1n) is 6.91. The summed E-state index contributed by atoms with van der Waals surface area (Å²) in [5.41, 5.74) is -0.0184. The number of benzene rings is 1. The number of rotatable bonds is 4. The van der Waals surface area contributed by atoms with E-state index in [0.717, 1.165) is 31.4 Å². The molecule has 1 N–H and O–H groups in total. The van der Waals surface area contributed by atoms with E-state index in [-0.39, 0.29) is 17.5 Å². The van der Waals surface area contributed by atoms with Crippen LogP contribution in [0.3, 0.4) is 0 Å². The molecule has 122 valence electrons. The summed E-state index contributed by atoms with van der Waals surface area (Å²) in [6.45, 7) is 0. The van der Waals surface area contributed by atoms with Crippen molar-refractivity contribution >= 4 is 11.9 Å². The van der Waals surface area contributed by atoms with Gasteiger partial charge in [0.1, 0.15) is 5.75 Å². The third-order valence-electron chi connectivity index (χ3n) is 3.45. The number of carbonyl (C=O) groups excluding carboxylic acids is 1. The topological polar surface area (TPSA) is 77.3 Å². The Hall–Kier alpha value is -2.58. The SMILES string of the molecule is O=C(Nc1nnc(C2CCC2)o1)c1cccc(OC(F)(F)F)c1. The van der Waals surface area contributed by atoms with Crippen molar-refractivity contribution in [3.05, 3.63) is 35.7 Å². The third-order valence-corrected chi connectivity index (χ3v) is 3.45. The van der Waals surface area contributed by atoms with Crippen LogP contribution in [-0.2, 0) is 0 Å². The van der Waals surface area contributed by atoms with E-state index in [1.807, 2.05) is 0 Å². The van der Waals surface area contributed by atoms with E-state index in [4.69, 9.17) is 4.42 Å². The Labute approximate surface area is 128 Å². The number of nitrogens with one attached hydrogen (secondary N) is 1. The second-order valence-corrected chi connectivity index (χ2v) is 5.10. The Kier molecular flexibility index (Phi) is 3.93. The highest BCUT2D eigenvalue weighted by Gasteiger charge is 2.31. The molecule has 0 bridgehead atoms. The third kappa shape index (κ3) is 3.79. The van der Waals surface area contributed by atoms with E-state index >= 15 is 0 Å². The molecule has 0 aliphatic heterocycles. The highest BCUT2D eigenvalue weighted by atomic mass is 19.4. The summed E-state index contributed by atoms with van der Waals surface area (Å²) in [4.78, 5) is 12.0. The van der Waals surface area contributed by atoms with Crippen molar-refractivity contribution in [1.82, 2.24) is 10.2 Å². The second kappa shape index (κ2) is 5.90. The number of nitrogens with zero attached hydrogens (tertiary/aromatic N) is 2. The molecular weight excluding hydrogens is 315 g/mol. The highest BCUT2D eigenvalue weighted by molar-refractivity contribution is 6.03. The molecule has 23 heavy (non-hydrogen) atoms. The first-order chi connectivity index (χ1) is 10.9. The fourth-order valence-electron chi connectivity index (χ4n) is 2.11. The van der Waals surface area contributed by atoms with Crippen LogP contribution in [0.5, 0.6) is 5.75 Å². The molecule has 0 saturated heterocycles. The molecule has 3 rings (SSSR count). The Morgan fingerprint density at radius 2 is 2.09 bits per heavy atom. The zero-order valence-electron chi connectivity index (χ0n) is 11.8. The Balaban J connectivity index is 1.68. The van der Waals surface area contributed by atoms with Crippen molar-refractivity contribution in [3.8, 4) is 5.75 Å². The minimum atomic E-state index is -4.82. The number of carbonyl (C=O) groups is 1. The Morgan fingerprint density at radius 1 is 1.30 bits per heavy atom. The summed E-state index contributed by atoms with van der Waals surface area (Å²) in [6, 6.07) is 4.63. The molecule has 2 aromatic rings. The molecule has 0 atom stereocenters. The minimum absolute atomic E-state index is 0.0184. The van der Waals surface area contributed by atoms with Crippen LogP contribution in [-0.4, -0.2) is 22.5 Å². The molecule has 6 nitrogen and oxygen atoms in total. The van der Waals surface area contributed by atoms with Crippen LogP contribution in [0.25, 0.3) is 0 Å². The van der Waals surface area contributed by atoms with E-state index in [9.17, 15) is 18.0 Å². The van der Waals surface area contributed by atoms with Crippen LogP contribution in [0.15, 0.2) is 28.7 Å². The van der Waals surface area contributed by atoms with Crippen molar-refractivity contribution in [3.63, 3.8) is 0 Å². The first kappa shape index (κ1) is 15.3. The summed E-state index contributed by atoms with van der Waals surface area (Å²) >= 11 is 0. The van der Waals surface area contributed by atoms with Crippen LogP contribution in [0.2, 0.25) is 0 Å². The van der Waals surface area contributed by atoms with Crippen molar-refractivity contribution < 1.29 is 27.1 Å². The van der Waals surface area contributed by atoms with Crippen molar-refractivity contribution in [2.24, 2.45) is 0 Å². The number of amides is 1. The summed E-state index contributed by atoms with van der Waals surface area (Å²) < 4.78 is 45.6. The number of ether oxygens (including phenoxy) is 1. The summed E-state index contributed by atoms with van der Waals surface area (Å²) in [6.07, 6.45) is -1.79. The van der Waals surface area contributed by atoms with Gasteiger partial charge in [-0.3, -0.25) is 10.1 Å². The number of halogens is 3. The number of hydrogen-bond donors (Lipinski definition) is 1. The van der Waals surface area contributed by atoms with Gasteiger partial charge in [-0.25, -0.2) is 0 Å². The first-order valence-corrected chi connectivity index (χ1v) is 6.91. The average molecular weight is 327 g/mol. The molecule has 1 heterocycles. The molecule has 0 spiro atoms. The number of anilines is 1. The van der Waals surface area contributed by atoms with Crippen molar-refractivity contribution in [2.45, 2.75) is 31.5 Å². The van der Waals surface area contributed by atoms with Gasteiger partial charge in [-0.15, -0.1) is 18.3 Å². The fourth-order valence-corrected chi connectivity index (χ4v) is 2.11. The predicted molar refractivity (Wildman–Crippen MR) is 72.0 cm³/mol. The lowest BCUT2D eigenvalue weighted by molar-refractivity contribution is -0.274. The standard InChI is InChI=1S/C14H12F3N3O3/c15-14(16,17)23-10-6-2-5-9(7-10)11(21)18-13-20-19-12(22-13)8-3-1-4-8/h2,5-8H,1,3-4H2,(H,18,20,21). The van der Waals surface area contributed by atoms with Crippen LogP contribution in [0.1, 0.15) is 41.4 Å². The normalized spacial score (nSPS) is 15.1. The van der Waals surface area contributed by atoms with Crippen LogP contribution >= 0.6 is 0 Å². The van der Waals surface area contributed by atoms with E-state index in [1.54, 1.807) is 0 Å². The summed E-state index contributed by atoms with van der Waals surface area (Å²) in [5, 5.41) is 9.91. The van der Waals surface area contributed by atoms with Gasteiger partial charge in [-0.2, -0.15) is 0 Å². The molecule has 0 radical (unpaired) electrons. The van der Waals surface area contributed by atoms with Gasteiger partial charge < -0.3 is 9.15 Å². The average Bonchev–Trinajstić information content (AvgIpc) is 2.83. The zero-order chi connectivity index (χ0) is 16.4. The Morgan fingerprint density at radius 3 is 2.74 bits per heavy atom. The number of aromatic nitrogens is 2. The molecular formula is C14H12F3N3O3.